The first kappa shape index (κ1) is 30.8. The summed E-state index contributed by atoms with van der Waals surface area (Å²) in [5.41, 5.74) is 8.80. The van der Waals surface area contributed by atoms with Crippen LogP contribution in [0.2, 0.25) is 0 Å². The maximum atomic E-state index is 10.6. The van der Waals surface area contributed by atoms with Crippen LogP contribution in [0.3, 0.4) is 0 Å². The van der Waals surface area contributed by atoms with Crippen molar-refractivity contribution in [2.75, 3.05) is 0 Å². The lowest BCUT2D eigenvalue weighted by Crippen LogP contribution is -2.19. The number of rotatable bonds is 11. The number of carbonyl (C=O) groups excluding carboxylic acids is 1. The molecule has 192 valence electrons. The van der Waals surface area contributed by atoms with Gasteiger partial charge in [0.1, 0.15) is 6.29 Å². The van der Waals surface area contributed by atoms with Crippen LogP contribution in [0, 0.1) is 5.41 Å². The molecule has 0 fully saturated rings. The van der Waals surface area contributed by atoms with Gasteiger partial charge < -0.3 is 0 Å². The van der Waals surface area contributed by atoms with E-state index in [4.69, 9.17) is 0 Å². The number of carbonyl (C=O) groups is 1. The number of aldehydes is 1. The molecule has 0 aromatic heterocycles. The first-order valence-electron chi connectivity index (χ1n) is 13.0. The highest BCUT2D eigenvalue weighted by Crippen LogP contribution is 2.40. The molecule has 0 bridgehead atoms. The third-order valence-corrected chi connectivity index (χ3v) is 6.23. The summed E-state index contributed by atoms with van der Waals surface area (Å²) in [4.78, 5) is 10.6. The maximum absolute atomic E-state index is 10.6. The van der Waals surface area contributed by atoms with Crippen LogP contribution >= 0.6 is 0 Å². The van der Waals surface area contributed by atoms with Gasteiger partial charge in [-0.2, -0.15) is 0 Å². The third kappa shape index (κ3) is 13.0. The summed E-state index contributed by atoms with van der Waals surface area (Å²) in [5, 5.41) is 0. The molecule has 0 aliphatic heterocycles. The van der Waals surface area contributed by atoms with Gasteiger partial charge in [0.2, 0.25) is 0 Å². The van der Waals surface area contributed by atoms with E-state index in [1.165, 1.54) is 47.1 Å². The van der Waals surface area contributed by atoms with Gasteiger partial charge in [-0.15, -0.1) is 0 Å². The Kier molecular flexibility index (Phi) is 14.1. The van der Waals surface area contributed by atoms with Gasteiger partial charge in [-0.05, 0) is 77.4 Å². The molecule has 0 aromatic carbocycles. The molecule has 1 nitrogen and oxygen atoms in total. The predicted molar refractivity (Wildman–Crippen MR) is 161 cm³/mol. The first-order valence-corrected chi connectivity index (χ1v) is 13.0. The minimum absolute atomic E-state index is 0.283. The van der Waals surface area contributed by atoms with Crippen molar-refractivity contribution in [1.82, 2.24) is 0 Å². The zero-order chi connectivity index (χ0) is 27.0. The Morgan fingerprint density at radius 3 is 1.50 bits per heavy atom. The van der Waals surface area contributed by atoms with E-state index in [9.17, 15) is 4.79 Å². The number of allylic oxidation sites excluding steroid dienone is 22. The predicted octanol–water partition coefficient (Wildman–Crippen LogP) is 10.2. The van der Waals surface area contributed by atoms with Crippen LogP contribution in [0.5, 0.6) is 0 Å². The molecule has 1 aliphatic carbocycles. The van der Waals surface area contributed by atoms with E-state index < -0.39 is 0 Å². The zero-order valence-corrected chi connectivity index (χ0v) is 23.8. The number of hydrogen-bond donors (Lipinski definition) is 0. The van der Waals surface area contributed by atoms with Gasteiger partial charge in [-0.3, -0.25) is 4.79 Å². The van der Waals surface area contributed by atoms with E-state index in [0.717, 1.165) is 11.9 Å². The molecule has 0 radical (unpaired) electrons. The largest absolute Gasteiger partial charge is 0.298 e. The van der Waals surface area contributed by atoms with Crippen LogP contribution in [0.4, 0.5) is 0 Å². The van der Waals surface area contributed by atoms with Gasteiger partial charge in [-0.1, -0.05) is 133 Å². The standard InChI is InChI=1S/C35H46O/c1-28(17-11-19-30(3)20-13-22-32(5)27-36)15-9-10-16-29(2)18-12-21-31(4)24-25-34-33(6)23-14-26-35(34,7)8/h9-13,15-22,24-25,27H,14,23,26H2,1-8H3/b10-9+,17-11+,18-12+,20-13+,25-24+,28-15+,29-16+,30-19+,31-21+,32-22+. The van der Waals surface area contributed by atoms with E-state index >= 15 is 0 Å². The van der Waals surface area contributed by atoms with E-state index in [-0.39, 0.29) is 5.41 Å². The quantitative estimate of drug-likeness (QED) is 0.163. The Balaban J connectivity index is 2.62. The molecular weight excluding hydrogens is 436 g/mol. The summed E-state index contributed by atoms with van der Waals surface area (Å²) in [6.07, 6.45) is 35.8. The molecule has 0 saturated carbocycles. The fourth-order valence-corrected chi connectivity index (χ4v) is 3.96. The fourth-order valence-electron chi connectivity index (χ4n) is 3.96. The molecule has 0 atom stereocenters. The lowest BCUT2D eigenvalue weighted by Gasteiger charge is -2.32. The Bertz CT molecular complexity index is 1080. The third-order valence-electron chi connectivity index (χ3n) is 6.23. The van der Waals surface area contributed by atoms with E-state index in [2.05, 4.69) is 108 Å². The van der Waals surface area contributed by atoms with Gasteiger partial charge in [0.15, 0.2) is 0 Å². The van der Waals surface area contributed by atoms with E-state index in [0.29, 0.717) is 5.57 Å². The topological polar surface area (TPSA) is 17.1 Å². The molecule has 1 rings (SSSR count). The minimum Gasteiger partial charge on any atom is -0.298 e. The smallest absolute Gasteiger partial charge is 0.145 e. The highest BCUT2D eigenvalue weighted by Gasteiger charge is 2.26. The van der Waals surface area contributed by atoms with Crippen LogP contribution in [0.25, 0.3) is 0 Å². The van der Waals surface area contributed by atoms with Crippen molar-refractivity contribution < 1.29 is 4.79 Å². The van der Waals surface area contributed by atoms with Gasteiger partial charge in [0, 0.05) is 0 Å². The van der Waals surface area contributed by atoms with Crippen molar-refractivity contribution in [3.8, 4) is 0 Å². The Labute approximate surface area is 221 Å². The molecule has 36 heavy (non-hydrogen) atoms. The molecule has 0 amide bonds. The molecule has 1 heteroatoms. The Hall–Kier alpha value is -3.19. The van der Waals surface area contributed by atoms with Gasteiger partial charge in [0.25, 0.3) is 0 Å². The molecule has 0 aromatic rings. The zero-order valence-electron chi connectivity index (χ0n) is 23.8. The summed E-state index contributed by atoms with van der Waals surface area (Å²) in [6.45, 7) is 17.2. The molecule has 0 N–H and O–H groups in total. The monoisotopic (exact) mass is 482 g/mol. The van der Waals surface area contributed by atoms with E-state index in [1.54, 1.807) is 13.0 Å². The van der Waals surface area contributed by atoms with Crippen LogP contribution < -0.4 is 0 Å². The molecule has 0 unspecified atom stereocenters. The second-order valence-electron chi connectivity index (χ2n) is 10.4. The van der Waals surface area contributed by atoms with Crippen molar-refractivity contribution in [3.63, 3.8) is 0 Å². The van der Waals surface area contributed by atoms with Crippen molar-refractivity contribution in [1.29, 1.82) is 0 Å². The lowest BCUT2D eigenvalue weighted by atomic mass is 9.72. The van der Waals surface area contributed by atoms with Crippen molar-refractivity contribution in [2.45, 2.75) is 74.7 Å². The molecular formula is C35H46O. The summed E-state index contributed by atoms with van der Waals surface area (Å²) < 4.78 is 0. The molecule has 0 spiro atoms. The van der Waals surface area contributed by atoms with Crippen molar-refractivity contribution in [2.24, 2.45) is 5.41 Å². The SMILES string of the molecule is CC1=C(/C=C/C(C)=C/C=C/C(C)=C/C=C/C=C(C)/C=C/C=C(C)/C=C/C=C(\C)C=O)C(C)(C)CCC1. The lowest BCUT2D eigenvalue weighted by molar-refractivity contribution is -0.104. The second-order valence-corrected chi connectivity index (χ2v) is 10.4. The molecule has 1 aliphatic rings. The highest BCUT2D eigenvalue weighted by molar-refractivity contribution is 5.72. The maximum Gasteiger partial charge on any atom is 0.145 e. The average Bonchev–Trinajstić information content (AvgIpc) is 2.81. The minimum atomic E-state index is 0.283. The number of hydrogen-bond acceptors (Lipinski definition) is 1. The van der Waals surface area contributed by atoms with Gasteiger partial charge in [-0.25, -0.2) is 0 Å². The van der Waals surface area contributed by atoms with Crippen molar-refractivity contribution >= 4 is 6.29 Å². The summed E-state index contributed by atoms with van der Waals surface area (Å²) in [7, 11) is 0. The summed E-state index contributed by atoms with van der Waals surface area (Å²) in [6, 6.07) is 0. The summed E-state index contributed by atoms with van der Waals surface area (Å²) in [5.74, 6) is 0. The van der Waals surface area contributed by atoms with Gasteiger partial charge in [0.05, 0.1) is 0 Å². The van der Waals surface area contributed by atoms with E-state index in [1.807, 2.05) is 25.2 Å². The summed E-state index contributed by atoms with van der Waals surface area (Å²) >= 11 is 0. The van der Waals surface area contributed by atoms with Crippen LogP contribution in [-0.2, 0) is 4.79 Å². The van der Waals surface area contributed by atoms with Crippen LogP contribution in [-0.4, -0.2) is 6.29 Å². The van der Waals surface area contributed by atoms with Crippen LogP contribution in [0.1, 0.15) is 74.7 Å². The molecule has 0 saturated heterocycles. The Morgan fingerprint density at radius 1 is 0.639 bits per heavy atom. The second kappa shape index (κ2) is 16.5. The highest BCUT2D eigenvalue weighted by atomic mass is 16.1. The normalized spacial score (nSPS) is 19.3. The van der Waals surface area contributed by atoms with Crippen LogP contribution in [0.15, 0.2) is 130 Å². The first-order chi connectivity index (χ1) is 17.0. The van der Waals surface area contributed by atoms with Crippen molar-refractivity contribution in [3.05, 3.63) is 130 Å². The fraction of sp³-hybridized carbons (Fsp3) is 0.343. The molecule has 0 heterocycles. The Morgan fingerprint density at radius 2 is 1.06 bits per heavy atom. The van der Waals surface area contributed by atoms with Gasteiger partial charge >= 0.3 is 0 Å². The average molecular weight is 483 g/mol.